The summed E-state index contributed by atoms with van der Waals surface area (Å²) < 4.78 is 10.9. The Morgan fingerprint density at radius 3 is 2.79 bits per heavy atom. The average Bonchev–Trinajstić information content (AvgIpc) is 2.26. The molecule has 3 heteroatoms. The summed E-state index contributed by atoms with van der Waals surface area (Å²) in [7, 11) is 0. The van der Waals surface area contributed by atoms with Crippen LogP contribution in [0.4, 0.5) is 0 Å². The van der Waals surface area contributed by atoms with Crippen LogP contribution in [0.3, 0.4) is 0 Å². The van der Waals surface area contributed by atoms with Crippen LogP contribution in [-0.2, 0) is 6.54 Å². The summed E-state index contributed by atoms with van der Waals surface area (Å²) in [6, 6.07) is 6.08. The van der Waals surface area contributed by atoms with E-state index >= 15 is 0 Å². The molecule has 1 aliphatic heterocycles. The van der Waals surface area contributed by atoms with E-state index in [1.54, 1.807) is 0 Å². The van der Waals surface area contributed by atoms with Crippen molar-refractivity contribution in [2.45, 2.75) is 13.5 Å². The second kappa shape index (κ2) is 4.33. The summed E-state index contributed by atoms with van der Waals surface area (Å²) in [6.45, 7) is 5.26. The lowest BCUT2D eigenvalue weighted by atomic mass is 10.2. The molecule has 0 atom stereocenters. The van der Waals surface area contributed by atoms with Crippen molar-refractivity contribution < 1.29 is 9.47 Å². The standard InChI is InChI=1S/C11H15NO2/c1-2-12-8-9-3-4-10-11(7-9)14-6-5-13-10/h3-4,7,12H,2,5-6,8H2,1H3. The molecule has 0 spiro atoms. The van der Waals surface area contributed by atoms with Gasteiger partial charge in [0.25, 0.3) is 0 Å². The van der Waals surface area contributed by atoms with Crippen LogP contribution >= 0.6 is 0 Å². The van der Waals surface area contributed by atoms with Gasteiger partial charge in [-0.15, -0.1) is 0 Å². The minimum atomic E-state index is 0.650. The van der Waals surface area contributed by atoms with Crippen molar-refractivity contribution in [3.05, 3.63) is 23.8 Å². The molecule has 0 amide bonds. The Labute approximate surface area is 84.0 Å². The number of hydrogen-bond acceptors (Lipinski definition) is 3. The summed E-state index contributed by atoms with van der Waals surface area (Å²) in [5.74, 6) is 1.73. The van der Waals surface area contributed by atoms with Crippen LogP contribution in [0.25, 0.3) is 0 Å². The predicted octanol–water partition coefficient (Wildman–Crippen LogP) is 1.57. The lowest BCUT2D eigenvalue weighted by molar-refractivity contribution is 0.171. The zero-order valence-corrected chi connectivity index (χ0v) is 8.38. The van der Waals surface area contributed by atoms with Gasteiger partial charge in [0.2, 0.25) is 0 Å². The van der Waals surface area contributed by atoms with Gasteiger partial charge in [-0.3, -0.25) is 0 Å². The van der Waals surface area contributed by atoms with Gasteiger partial charge in [0, 0.05) is 6.54 Å². The topological polar surface area (TPSA) is 30.5 Å². The number of fused-ring (bicyclic) bond motifs is 1. The van der Waals surface area contributed by atoms with Gasteiger partial charge in [0.05, 0.1) is 0 Å². The average molecular weight is 193 g/mol. The summed E-state index contributed by atoms with van der Waals surface area (Å²) in [5, 5.41) is 3.27. The van der Waals surface area contributed by atoms with Crippen LogP contribution in [0.2, 0.25) is 0 Å². The van der Waals surface area contributed by atoms with E-state index in [0.717, 1.165) is 24.6 Å². The zero-order chi connectivity index (χ0) is 9.80. The van der Waals surface area contributed by atoms with Crippen molar-refractivity contribution >= 4 is 0 Å². The third-order valence-electron chi connectivity index (χ3n) is 2.19. The van der Waals surface area contributed by atoms with Gasteiger partial charge < -0.3 is 14.8 Å². The van der Waals surface area contributed by atoms with Crippen LogP contribution in [0.15, 0.2) is 18.2 Å². The molecule has 0 saturated heterocycles. The molecule has 0 aliphatic carbocycles. The first kappa shape index (κ1) is 9.34. The Morgan fingerprint density at radius 1 is 1.21 bits per heavy atom. The molecule has 1 aromatic rings. The second-order valence-electron chi connectivity index (χ2n) is 3.26. The highest BCUT2D eigenvalue weighted by Crippen LogP contribution is 2.30. The Morgan fingerprint density at radius 2 is 2.00 bits per heavy atom. The molecule has 0 bridgehead atoms. The summed E-state index contributed by atoms with van der Waals surface area (Å²) in [4.78, 5) is 0. The molecule has 1 heterocycles. The lowest BCUT2D eigenvalue weighted by Crippen LogP contribution is -2.16. The van der Waals surface area contributed by atoms with E-state index in [-0.39, 0.29) is 0 Å². The van der Waals surface area contributed by atoms with Gasteiger partial charge in [0.15, 0.2) is 11.5 Å². The highest BCUT2D eigenvalue weighted by molar-refractivity contribution is 5.43. The Hall–Kier alpha value is -1.22. The zero-order valence-electron chi connectivity index (χ0n) is 8.38. The molecule has 14 heavy (non-hydrogen) atoms. The van der Waals surface area contributed by atoms with Gasteiger partial charge >= 0.3 is 0 Å². The van der Waals surface area contributed by atoms with Crippen LogP contribution in [0, 0.1) is 0 Å². The van der Waals surface area contributed by atoms with E-state index in [1.807, 2.05) is 12.1 Å². The van der Waals surface area contributed by atoms with Gasteiger partial charge in [0.1, 0.15) is 13.2 Å². The van der Waals surface area contributed by atoms with Gasteiger partial charge in [-0.05, 0) is 24.2 Å². The van der Waals surface area contributed by atoms with Crippen LogP contribution < -0.4 is 14.8 Å². The highest BCUT2D eigenvalue weighted by atomic mass is 16.6. The molecule has 0 fully saturated rings. The van der Waals surface area contributed by atoms with E-state index in [4.69, 9.17) is 9.47 Å². The molecule has 0 radical (unpaired) electrons. The summed E-state index contributed by atoms with van der Waals surface area (Å²) in [5.41, 5.74) is 1.23. The highest BCUT2D eigenvalue weighted by Gasteiger charge is 2.10. The molecular weight excluding hydrogens is 178 g/mol. The maximum atomic E-state index is 5.49. The van der Waals surface area contributed by atoms with E-state index in [2.05, 4.69) is 18.3 Å². The van der Waals surface area contributed by atoms with Crippen molar-refractivity contribution in [2.75, 3.05) is 19.8 Å². The number of rotatable bonds is 3. The SMILES string of the molecule is CCNCc1ccc2c(c1)OCCO2. The molecule has 1 aliphatic rings. The van der Waals surface area contributed by atoms with E-state index in [0.29, 0.717) is 13.2 Å². The smallest absolute Gasteiger partial charge is 0.161 e. The molecule has 0 aromatic heterocycles. The fourth-order valence-corrected chi connectivity index (χ4v) is 1.47. The van der Waals surface area contributed by atoms with Crippen LogP contribution in [0.1, 0.15) is 12.5 Å². The van der Waals surface area contributed by atoms with E-state index in [9.17, 15) is 0 Å². The van der Waals surface area contributed by atoms with Crippen LogP contribution in [0.5, 0.6) is 11.5 Å². The van der Waals surface area contributed by atoms with Crippen molar-refractivity contribution in [2.24, 2.45) is 0 Å². The number of benzene rings is 1. The van der Waals surface area contributed by atoms with Crippen molar-refractivity contribution in [1.82, 2.24) is 5.32 Å². The molecule has 1 N–H and O–H groups in total. The Balaban J connectivity index is 2.12. The fourth-order valence-electron chi connectivity index (χ4n) is 1.47. The largest absolute Gasteiger partial charge is 0.486 e. The summed E-state index contributed by atoms with van der Waals surface area (Å²) in [6.07, 6.45) is 0. The first-order chi connectivity index (χ1) is 6.90. The molecule has 76 valence electrons. The predicted molar refractivity (Wildman–Crippen MR) is 54.8 cm³/mol. The molecule has 0 saturated carbocycles. The maximum absolute atomic E-state index is 5.49. The fraction of sp³-hybridized carbons (Fsp3) is 0.455. The number of nitrogens with one attached hydrogen (secondary N) is 1. The first-order valence-corrected chi connectivity index (χ1v) is 4.99. The minimum Gasteiger partial charge on any atom is -0.486 e. The monoisotopic (exact) mass is 193 g/mol. The molecular formula is C11H15NO2. The summed E-state index contributed by atoms with van der Waals surface area (Å²) >= 11 is 0. The van der Waals surface area contributed by atoms with E-state index in [1.165, 1.54) is 5.56 Å². The van der Waals surface area contributed by atoms with Gasteiger partial charge in [-0.25, -0.2) is 0 Å². The van der Waals surface area contributed by atoms with Crippen molar-refractivity contribution in [3.8, 4) is 11.5 Å². The Bertz CT molecular complexity index is 312. The maximum Gasteiger partial charge on any atom is 0.161 e. The molecule has 1 aromatic carbocycles. The molecule has 0 unspecified atom stereocenters. The number of ether oxygens (including phenoxy) is 2. The molecule has 3 nitrogen and oxygen atoms in total. The second-order valence-corrected chi connectivity index (χ2v) is 3.26. The number of hydrogen-bond donors (Lipinski definition) is 1. The van der Waals surface area contributed by atoms with Crippen molar-refractivity contribution in [3.63, 3.8) is 0 Å². The normalized spacial score (nSPS) is 14.1. The van der Waals surface area contributed by atoms with Crippen LogP contribution in [-0.4, -0.2) is 19.8 Å². The molecule has 2 rings (SSSR count). The third-order valence-corrected chi connectivity index (χ3v) is 2.19. The minimum absolute atomic E-state index is 0.650. The van der Waals surface area contributed by atoms with Gasteiger partial charge in [-0.2, -0.15) is 0 Å². The first-order valence-electron chi connectivity index (χ1n) is 4.99. The van der Waals surface area contributed by atoms with E-state index < -0.39 is 0 Å². The van der Waals surface area contributed by atoms with Crippen molar-refractivity contribution in [1.29, 1.82) is 0 Å². The Kier molecular flexibility index (Phi) is 2.89. The third kappa shape index (κ3) is 1.99. The lowest BCUT2D eigenvalue weighted by Gasteiger charge is -2.18. The quantitative estimate of drug-likeness (QED) is 0.790. The van der Waals surface area contributed by atoms with Gasteiger partial charge in [-0.1, -0.05) is 13.0 Å².